The number of nitrogens with zero attached hydrogens (tertiary/aromatic N) is 4. The van der Waals surface area contributed by atoms with E-state index >= 15 is 0 Å². The van der Waals surface area contributed by atoms with E-state index in [1.165, 1.54) is 0 Å². The van der Waals surface area contributed by atoms with Crippen LogP contribution >= 0.6 is 0 Å². The first kappa shape index (κ1) is 17.9. The number of nitrogens with one attached hydrogen (secondary N) is 1. The number of carbonyl (C=O) groups excluding carboxylic acids is 1. The summed E-state index contributed by atoms with van der Waals surface area (Å²) in [6, 6.07) is 15.0. The highest BCUT2D eigenvalue weighted by atomic mass is 16.5. The van der Waals surface area contributed by atoms with Crippen LogP contribution in [0, 0.1) is 11.3 Å². The van der Waals surface area contributed by atoms with Gasteiger partial charge in [-0.3, -0.25) is 9.78 Å². The van der Waals surface area contributed by atoms with Crippen LogP contribution in [0.5, 0.6) is 0 Å². The third-order valence-electron chi connectivity index (χ3n) is 4.68. The molecule has 0 bridgehead atoms. The van der Waals surface area contributed by atoms with Crippen molar-refractivity contribution < 1.29 is 9.53 Å². The van der Waals surface area contributed by atoms with Gasteiger partial charge in [0.15, 0.2) is 6.10 Å². The number of carbonyl (C=O) groups is 1. The molecule has 140 valence electrons. The van der Waals surface area contributed by atoms with Crippen LogP contribution in [0.4, 0.5) is 11.5 Å². The molecule has 1 fully saturated rings. The maximum Gasteiger partial charge on any atom is 0.256 e. The van der Waals surface area contributed by atoms with E-state index in [4.69, 9.17) is 4.74 Å². The Morgan fingerprint density at radius 2 is 2.04 bits per heavy atom. The Morgan fingerprint density at radius 3 is 2.82 bits per heavy atom. The molecule has 1 aliphatic heterocycles. The highest BCUT2D eigenvalue weighted by Gasteiger charge is 2.31. The lowest BCUT2D eigenvalue weighted by atomic mass is 10.1. The normalized spacial score (nSPS) is 19.2. The molecule has 2 atom stereocenters. The van der Waals surface area contributed by atoms with Gasteiger partial charge in [0.05, 0.1) is 23.7 Å². The summed E-state index contributed by atoms with van der Waals surface area (Å²) in [5, 5.41) is 13.0. The second-order valence-electron chi connectivity index (χ2n) is 6.69. The number of ether oxygens (including phenoxy) is 1. The van der Waals surface area contributed by atoms with Gasteiger partial charge in [0.2, 0.25) is 0 Å². The third kappa shape index (κ3) is 3.50. The van der Waals surface area contributed by atoms with Gasteiger partial charge in [-0.2, -0.15) is 5.26 Å². The molecule has 1 amide bonds. The molecular formula is C21H19N5O2. The highest BCUT2D eigenvalue weighted by Crippen LogP contribution is 2.30. The van der Waals surface area contributed by atoms with Crippen molar-refractivity contribution in [3.05, 3.63) is 60.4 Å². The standard InChI is InChI=1S/C21H19N5O2/c1-14-12-26(13-18(28-14)21(27)25-19-6-2-3-9-23-19)17-8-7-15(11-22)20-16(17)5-4-10-24-20/h2-10,14,18H,12-13H2,1H3,(H,23,25,27)/t14-,18-/m1/s1. The molecule has 0 saturated carbocycles. The van der Waals surface area contributed by atoms with Gasteiger partial charge in [0.1, 0.15) is 11.9 Å². The first-order chi connectivity index (χ1) is 13.7. The zero-order valence-corrected chi connectivity index (χ0v) is 15.4. The predicted molar refractivity (Wildman–Crippen MR) is 106 cm³/mol. The van der Waals surface area contributed by atoms with Gasteiger partial charge in [-0.05, 0) is 43.3 Å². The first-order valence-electron chi connectivity index (χ1n) is 9.06. The number of hydrogen-bond donors (Lipinski definition) is 1. The van der Waals surface area contributed by atoms with E-state index in [1.54, 1.807) is 30.6 Å². The molecule has 0 radical (unpaired) electrons. The topological polar surface area (TPSA) is 91.1 Å². The average Bonchev–Trinajstić information content (AvgIpc) is 2.73. The largest absolute Gasteiger partial charge is 0.365 e. The van der Waals surface area contributed by atoms with Crippen LogP contribution in [-0.2, 0) is 9.53 Å². The number of pyridine rings is 2. The predicted octanol–water partition coefficient (Wildman–Crippen LogP) is 2.73. The first-order valence-corrected chi connectivity index (χ1v) is 9.06. The third-order valence-corrected chi connectivity index (χ3v) is 4.68. The summed E-state index contributed by atoms with van der Waals surface area (Å²) in [5.41, 5.74) is 2.13. The summed E-state index contributed by atoms with van der Waals surface area (Å²) in [4.78, 5) is 23.3. The molecule has 4 rings (SSSR count). The molecule has 0 spiro atoms. The second-order valence-corrected chi connectivity index (χ2v) is 6.69. The number of fused-ring (bicyclic) bond motifs is 1. The summed E-state index contributed by atoms with van der Waals surface area (Å²) < 4.78 is 5.88. The van der Waals surface area contributed by atoms with E-state index < -0.39 is 6.10 Å². The van der Waals surface area contributed by atoms with Crippen molar-refractivity contribution >= 4 is 28.3 Å². The van der Waals surface area contributed by atoms with Gasteiger partial charge >= 0.3 is 0 Å². The maximum atomic E-state index is 12.7. The molecular weight excluding hydrogens is 354 g/mol. The van der Waals surface area contributed by atoms with Crippen molar-refractivity contribution in [1.29, 1.82) is 5.26 Å². The van der Waals surface area contributed by atoms with Gasteiger partial charge in [0.25, 0.3) is 5.91 Å². The van der Waals surface area contributed by atoms with Gasteiger partial charge < -0.3 is 15.0 Å². The number of amides is 1. The van der Waals surface area contributed by atoms with Crippen molar-refractivity contribution in [3.8, 4) is 6.07 Å². The van der Waals surface area contributed by atoms with Crippen LogP contribution in [0.15, 0.2) is 54.9 Å². The van der Waals surface area contributed by atoms with E-state index in [-0.39, 0.29) is 12.0 Å². The lowest BCUT2D eigenvalue weighted by molar-refractivity contribution is -0.131. The van der Waals surface area contributed by atoms with Crippen molar-refractivity contribution in [3.63, 3.8) is 0 Å². The lowest BCUT2D eigenvalue weighted by Crippen LogP contribution is -2.51. The average molecular weight is 373 g/mol. The van der Waals surface area contributed by atoms with Crippen molar-refractivity contribution in [1.82, 2.24) is 9.97 Å². The SMILES string of the molecule is C[C@@H]1CN(c2ccc(C#N)c3ncccc23)C[C@H](C(=O)Nc2ccccn2)O1. The van der Waals surface area contributed by atoms with Crippen LogP contribution in [0.25, 0.3) is 10.9 Å². The number of anilines is 2. The molecule has 28 heavy (non-hydrogen) atoms. The number of rotatable bonds is 3. The minimum atomic E-state index is -0.631. The van der Waals surface area contributed by atoms with Crippen molar-refractivity contribution in [2.24, 2.45) is 0 Å². The highest BCUT2D eigenvalue weighted by molar-refractivity contribution is 5.97. The molecule has 1 N–H and O–H groups in total. The summed E-state index contributed by atoms with van der Waals surface area (Å²) in [6.45, 7) is 2.99. The fourth-order valence-electron chi connectivity index (χ4n) is 3.46. The molecule has 7 heteroatoms. The number of benzene rings is 1. The monoisotopic (exact) mass is 373 g/mol. The van der Waals surface area contributed by atoms with Crippen LogP contribution in [0.2, 0.25) is 0 Å². The molecule has 3 heterocycles. The summed E-state index contributed by atoms with van der Waals surface area (Å²) in [5.74, 6) is 0.264. The molecule has 7 nitrogen and oxygen atoms in total. The van der Waals surface area contributed by atoms with Gasteiger partial charge in [0, 0.05) is 30.0 Å². The molecule has 0 unspecified atom stereocenters. The molecule has 1 aliphatic rings. The number of morpholine rings is 1. The molecule has 1 saturated heterocycles. The minimum absolute atomic E-state index is 0.129. The van der Waals surface area contributed by atoms with Gasteiger partial charge in [-0.25, -0.2) is 4.98 Å². The van der Waals surface area contributed by atoms with Crippen LogP contribution < -0.4 is 10.2 Å². The maximum absolute atomic E-state index is 12.7. The lowest BCUT2D eigenvalue weighted by Gasteiger charge is -2.38. The van der Waals surface area contributed by atoms with Crippen molar-refractivity contribution in [2.75, 3.05) is 23.3 Å². The van der Waals surface area contributed by atoms with Gasteiger partial charge in [-0.1, -0.05) is 6.07 Å². The van der Waals surface area contributed by atoms with Crippen LogP contribution in [0.1, 0.15) is 12.5 Å². The molecule has 3 aromatic rings. The Balaban J connectivity index is 1.62. The summed E-state index contributed by atoms with van der Waals surface area (Å²) in [6.07, 6.45) is 2.55. The Morgan fingerprint density at radius 1 is 1.18 bits per heavy atom. The fourth-order valence-corrected chi connectivity index (χ4v) is 3.46. The van der Waals surface area contributed by atoms with E-state index in [9.17, 15) is 10.1 Å². The van der Waals surface area contributed by atoms with E-state index in [1.807, 2.05) is 31.2 Å². The second kappa shape index (κ2) is 7.62. The fraction of sp³-hybridized carbons (Fsp3) is 0.238. The Bertz CT molecular complexity index is 1050. The van der Waals surface area contributed by atoms with E-state index in [2.05, 4.69) is 26.3 Å². The Labute approximate surface area is 162 Å². The van der Waals surface area contributed by atoms with E-state index in [0.29, 0.717) is 30.0 Å². The quantitative estimate of drug-likeness (QED) is 0.759. The van der Waals surface area contributed by atoms with E-state index in [0.717, 1.165) is 11.1 Å². The zero-order valence-electron chi connectivity index (χ0n) is 15.4. The molecule has 2 aromatic heterocycles. The summed E-state index contributed by atoms with van der Waals surface area (Å²) >= 11 is 0. The zero-order chi connectivity index (χ0) is 19.5. The van der Waals surface area contributed by atoms with Crippen molar-refractivity contribution in [2.45, 2.75) is 19.1 Å². The number of hydrogen-bond acceptors (Lipinski definition) is 6. The minimum Gasteiger partial charge on any atom is -0.365 e. The van der Waals surface area contributed by atoms with Crippen LogP contribution in [0.3, 0.4) is 0 Å². The van der Waals surface area contributed by atoms with Crippen LogP contribution in [-0.4, -0.2) is 41.2 Å². The number of nitriles is 1. The summed E-state index contributed by atoms with van der Waals surface area (Å²) in [7, 11) is 0. The number of aromatic nitrogens is 2. The Kier molecular flexibility index (Phi) is 4.87. The van der Waals surface area contributed by atoms with Gasteiger partial charge in [-0.15, -0.1) is 0 Å². The smallest absolute Gasteiger partial charge is 0.256 e. The Hall–Kier alpha value is -3.50. The molecule has 0 aliphatic carbocycles. The molecule has 1 aromatic carbocycles.